The number of furan rings is 1. The fourth-order valence-corrected chi connectivity index (χ4v) is 2.55. The molecule has 2 N–H and O–H groups in total. The van der Waals surface area contributed by atoms with Gasteiger partial charge in [-0.15, -0.1) is 24.0 Å². The maximum atomic E-state index is 5.91. The lowest BCUT2D eigenvalue weighted by Crippen LogP contribution is -2.39. The van der Waals surface area contributed by atoms with Crippen molar-refractivity contribution in [2.45, 2.75) is 39.8 Å². The molecule has 2 aromatic rings. The normalized spacial score (nSPS) is 20.6. The van der Waals surface area contributed by atoms with Crippen molar-refractivity contribution < 1.29 is 4.42 Å². The Bertz CT molecular complexity index is 665. The van der Waals surface area contributed by atoms with Gasteiger partial charge in [0.1, 0.15) is 17.9 Å². The van der Waals surface area contributed by atoms with Gasteiger partial charge in [-0.1, -0.05) is 25.1 Å². The molecule has 0 radical (unpaired) electrons. The summed E-state index contributed by atoms with van der Waals surface area (Å²) in [5.41, 5.74) is 2.12. The predicted molar refractivity (Wildman–Crippen MR) is 102 cm³/mol. The van der Waals surface area contributed by atoms with E-state index in [9.17, 15) is 0 Å². The van der Waals surface area contributed by atoms with Gasteiger partial charge in [0, 0.05) is 23.5 Å². The van der Waals surface area contributed by atoms with Crippen LogP contribution in [-0.4, -0.2) is 18.5 Å². The first-order valence-corrected chi connectivity index (χ1v) is 7.71. The van der Waals surface area contributed by atoms with E-state index in [0.29, 0.717) is 12.6 Å². The third-order valence-electron chi connectivity index (χ3n) is 4.10. The van der Waals surface area contributed by atoms with Gasteiger partial charge in [0.2, 0.25) is 0 Å². The smallest absolute Gasteiger partial charge is 0.191 e. The SMILES string of the molecule is CCNC(=NCc1oc2ccccc2c1C)NC1CC1C.I. The van der Waals surface area contributed by atoms with Crippen LogP contribution in [0.4, 0.5) is 0 Å². The number of halogens is 1. The van der Waals surface area contributed by atoms with Crippen LogP contribution in [0.15, 0.2) is 33.7 Å². The van der Waals surface area contributed by atoms with Gasteiger partial charge in [-0.25, -0.2) is 4.99 Å². The molecule has 5 heteroatoms. The zero-order valence-electron chi connectivity index (χ0n) is 13.3. The quantitative estimate of drug-likeness (QED) is 0.455. The van der Waals surface area contributed by atoms with Crippen molar-refractivity contribution >= 4 is 40.9 Å². The molecule has 1 aliphatic rings. The van der Waals surface area contributed by atoms with Crippen LogP contribution < -0.4 is 10.6 Å². The molecule has 1 aromatic heterocycles. The molecule has 0 amide bonds. The van der Waals surface area contributed by atoms with Gasteiger partial charge in [-0.2, -0.15) is 0 Å². The van der Waals surface area contributed by atoms with Gasteiger partial charge in [0.25, 0.3) is 0 Å². The summed E-state index contributed by atoms with van der Waals surface area (Å²) in [6, 6.07) is 8.71. The number of hydrogen-bond donors (Lipinski definition) is 2. The number of benzene rings is 1. The molecule has 0 spiro atoms. The molecule has 1 aliphatic carbocycles. The molecular weight excluding hydrogens is 389 g/mol. The van der Waals surface area contributed by atoms with Crippen molar-refractivity contribution in [1.29, 1.82) is 0 Å². The molecule has 0 saturated heterocycles. The minimum absolute atomic E-state index is 0. The highest BCUT2D eigenvalue weighted by molar-refractivity contribution is 14.0. The zero-order valence-corrected chi connectivity index (χ0v) is 15.7. The largest absolute Gasteiger partial charge is 0.459 e. The Hall–Kier alpha value is -1.24. The van der Waals surface area contributed by atoms with E-state index in [1.54, 1.807) is 0 Å². The van der Waals surface area contributed by atoms with E-state index in [-0.39, 0.29) is 24.0 Å². The van der Waals surface area contributed by atoms with Crippen LogP contribution >= 0.6 is 24.0 Å². The number of nitrogens with zero attached hydrogens (tertiary/aromatic N) is 1. The van der Waals surface area contributed by atoms with Crippen LogP contribution in [0.5, 0.6) is 0 Å². The Morgan fingerprint density at radius 1 is 1.36 bits per heavy atom. The lowest BCUT2D eigenvalue weighted by molar-refractivity contribution is 0.547. The number of rotatable bonds is 4. The maximum Gasteiger partial charge on any atom is 0.191 e. The van der Waals surface area contributed by atoms with E-state index >= 15 is 0 Å². The summed E-state index contributed by atoms with van der Waals surface area (Å²) < 4.78 is 5.91. The van der Waals surface area contributed by atoms with E-state index in [2.05, 4.69) is 42.5 Å². The second kappa shape index (κ2) is 7.35. The van der Waals surface area contributed by atoms with Crippen molar-refractivity contribution in [3.8, 4) is 0 Å². The van der Waals surface area contributed by atoms with Crippen molar-refractivity contribution in [1.82, 2.24) is 10.6 Å². The van der Waals surface area contributed by atoms with Crippen LogP contribution in [0.3, 0.4) is 0 Å². The third kappa shape index (κ3) is 3.74. The molecule has 4 nitrogen and oxygen atoms in total. The first kappa shape index (κ1) is 17.1. The zero-order chi connectivity index (χ0) is 14.8. The van der Waals surface area contributed by atoms with E-state index < -0.39 is 0 Å². The van der Waals surface area contributed by atoms with Gasteiger partial charge in [-0.3, -0.25) is 0 Å². The summed E-state index contributed by atoms with van der Waals surface area (Å²) in [4.78, 5) is 4.66. The monoisotopic (exact) mass is 413 g/mol. The molecule has 2 atom stereocenters. The number of aliphatic imine (C=N–C) groups is 1. The number of guanidine groups is 1. The van der Waals surface area contributed by atoms with Gasteiger partial charge < -0.3 is 15.1 Å². The number of aryl methyl sites for hydroxylation is 1. The summed E-state index contributed by atoms with van der Waals surface area (Å²) in [5.74, 6) is 2.57. The molecule has 0 bridgehead atoms. The van der Waals surface area contributed by atoms with E-state index in [1.165, 1.54) is 17.4 Å². The lowest BCUT2D eigenvalue weighted by atomic mass is 10.1. The number of fused-ring (bicyclic) bond motifs is 1. The fourth-order valence-electron chi connectivity index (χ4n) is 2.55. The summed E-state index contributed by atoms with van der Waals surface area (Å²) in [7, 11) is 0. The Balaban J connectivity index is 0.00000176. The molecule has 1 fully saturated rings. The minimum Gasteiger partial charge on any atom is -0.459 e. The van der Waals surface area contributed by atoms with E-state index in [4.69, 9.17) is 4.42 Å². The van der Waals surface area contributed by atoms with Gasteiger partial charge in [0.15, 0.2) is 5.96 Å². The Kier molecular flexibility index (Phi) is 5.72. The standard InChI is InChI=1S/C17H23N3O.HI/c1-4-18-17(20-14-9-11(14)2)19-10-16-12(3)13-7-5-6-8-15(13)21-16;/h5-8,11,14H,4,9-10H2,1-3H3,(H2,18,19,20);1H. The van der Waals surface area contributed by atoms with Crippen LogP contribution in [0.2, 0.25) is 0 Å². The summed E-state index contributed by atoms with van der Waals surface area (Å²) >= 11 is 0. The number of hydrogen-bond acceptors (Lipinski definition) is 2. The van der Waals surface area contributed by atoms with Gasteiger partial charge >= 0.3 is 0 Å². The topological polar surface area (TPSA) is 49.6 Å². The van der Waals surface area contributed by atoms with Crippen molar-refractivity contribution in [3.05, 3.63) is 35.6 Å². The van der Waals surface area contributed by atoms with Crippen molar-refractivity contribution in [3.63, 3.8) is 0 Å². The number of para-hydroxylation sites is 1. The number of nitrogens with one attached hydrogen (secondary N) is 2. The second-order valence-corrected chi connectivity index (χ2v) is 5.81. The molecule has 1 heterocycles. The molecule has 22 heavy (non-hydrogen) atoms. The molecule has 0 aliphatic heterocycles. The molecule has 1 aromatic carbocycles. The van der Waals surface area contributed by atoms with E-state index in [1.807, 2.05) is 18.2 Å². The average molecular weight is 413 g/mol. The Labute approximate surface area is 148 Å². The van der Waals surface area contributed by atoms with Gasteiger partial charge in [-0.05, 0) is 32.3 Å². The molecule has 120 valence electrons. The highest BCUT2D eigenvalue weighted by Gasteiger charge is 2.33. The fraction of sp³-hybridized carbons (Fsp3) is 0.471. The maximum absolute atomic E-state index is 5.91. The Morgan fingerprint density at radius 2 is 2.09 bits per heavy atom. The summed E-state index contributed by atoms with van der Waals surface area (Å²) in [5, 5.41) is 7.93. The molecular formula is C17H24IN3O. The highest BCUT2D eigenvalue weighted by Crippen LogP contribution is 2.29. The van der Waals surface area contributed by atoms with Gasteiger partial charge in [0.05, 0.1) is 0 Å². The van der Waals surface area contributed by atoms with Crippen LogP contribution in [0.1, 0.15) is 31.6 Å². The summed E-state index contributed by atoms with van der Waals surface area (Å²) in [6.07, 6.45) is 1.23. The van der Waals surface area contributed by atoms with Crippen LogP contribution in [0, 0.1) is 12.8 Å². The minimum atomic E-state index is 0. The molecule has 3 rings (SSSR count). The first-order chi connectivity index (χ1) is 10.2. The molecule has 2 unspecified atom stereocenters. The predicted octanol–water partition coefficient (Wildman–Crippen LogP) is 3.82. The summed E-state index contributed by atoms with van der Waals surface area (Å²) in [6.45, 7) is 7.87. The average Bonchev–Trinajstić information content (AvgIpc) is 3.07. The van der Waals surface area contributed by atoms with Crippen LogP contribution in [-0.2, 0) is 6.54 Å². The third-order valence-corrected chi connectivity index (χ3v) is 4.10. The lowest BCUT2D eigenvalue weighted by Gasteiger charge is -2.10. The molecule has 1 saturated carbocycles. The second-order valence-electron chi connectivity index (χ2n) is 5.81. The Morgan fingerprint density at radius 3 is 2.73 bits per heavy atom. The van der Waals surface area contributed by atoms with E-state index in [0.717, 1.165) is 29.8 Å². The highest BCUT2D eigenvalue weighted by atomic mass is 127. The van der Waals surface area contributed by atoms with Crippen LogP contribution in [0.25, 0.3) is 11.0 Å². The van der Waals surface area contributed by atoms with Crippen molar-refractivity contribution in [2.24, 2.45) is 10.9 Å². The first-order valence-electron chi connectivity index (χ1n) is 7.71. The van der Waals surface area contributed by atoms with Crippen molar-refractivity contribution in [2.75, 3.05) is 6.54 Å².